The summed E-state index contributed by atoms with van der Waals surface area (Å²) in [5.41, 5.74) is 0. The zero-order chi connectivity index (χ0) is 10.3. The molecule has 0 aliphatic heterocycles. The number of thiocarbonyl (C=S) groups is 1. The summed E-state index contributed by atoms with van der Waals surface area (Å²) in [6, 6.07) is 0.543. The molecule has 0 amide bonds. The van der Waals surface area contributed by atoms with Gasteiger partial charge in [-0.1, -0.05) is 20.3 Å². The molecule has 13 heavy (non-hydrogen) atoms. The standard InChI is InChI=1S/C10H22N2S/c1-5-7-9(3)12(4)10(13)11-8-6-2/h9H,5-8H2,1-4H3,(H,11,13). The number of nitrogens with zero attached hydrogens (tertiary/aromatic N) is 1. The van der Waals surface area contributed by atoms with Crippen LogP contribution in [0.3, 0.4) is 0 Å². The third kappa shape index (κ3) is 5.09. The summed E-state index contributed by atoms with van der Waals surface area (Å²) in [4.78, 5) is 2.15. The second-order valence-corrected chi connectivity index (χ2v) is 3.87. The molecule has 0 aromatic heterocycles. The number of hydrogen-bond donors (Lipinski definition) is 1. The van der Waals surface area contributed by atoms with E-state index in [0.717, 1.165) is 18.1 Å². The molecule has 0 aliphatic rings. The Balaban J connectivity index is 3.79. The maximum Gasteiger partial charge on any atom is 0.168 e. The summed E-state index contributed by atoms with van der Waals surface area (Å²) in [5.74, 6) is 0. The van der Waals surface area contributed by atoms with Crippen molar-refractivity contribution in [3.63, 3.8) is 0 Å². The molecule has 2 nitrogen and oxygen atoms in total. The van der Waals surface area contributed by atoms with Crippen LogP contribution in [0.15, 0.2) is 0 Å². The highest BCUT2D eigenvalue weighted by Gasteiger charge is 2.10. The van der Waals surface area contributed by atoms with E-state index >= 15 is 0 Å². The molecule has 1 atom stereocenters. The number of nitrogens with one attached hydrogen (secondary N) is 1. The van der Waals surface area contributed by atoms with Crippen molar-refractivity contribution in [2.45, 2.75) is 46.1 Å². The minimum Gasteiger partial charge on any atom is -0.363 e. The van der Waals surface area contributed by atoms with Crippen LogP contribution in [0.1, 0.15) is 40.0 Å². The van der Waals surface area contributed by atoms with Gasteiger partial charge >= 0.3 is 0 Å². The van der Waals surface area contributed by atoms with Gasteiger partial charge in [-0.2, -0.15) is 0 Å². The average molecular weight is 202 g/mol. The SMILES string of the molecule is CCCNC(=S)N(C)C(C)CCC. The molecule has 0 heterocycles. The van der Waals surface area contributed by atoms with E-state index in [0.29, 0.717) is 6.04 Å². The van der Waals surface area contributed by atoms with Crippen LogP contribution in [0.4, 0.5) is 0 Å². The Labute approximate surface area is 87.7 Å². The molecule has 0 spiro atoms. The lowest BCUT2D eigenvalue weighted by molar-refractivity contribution is 0.362. The highest BCUT2D eigenvalue weighted by Crippen LogP contribution is 2.03. The van der Waals surface area contributed by atoms with Crippen molar-refractivity contribution >= 4 is 17.3 Å². The molecule has 1 unspecified atom stereocenters. The fourth-order valence-electron chi connectivity index (χ4n) is 1.17. The van der Waals surface area contributed by atoms with E-state index in [1.165, 1.54) is 12.8 Å². The van der Waals surface area contributed by atoms with E-state index in [4.69, 9.17) is 12.2 Å². The van der Waals surface area contributed by atoms with Gasteiger partial charge in [-0.3, -0.25) is 0 Å². The smallest absolute Gasteiger partial charge is 0.168 e. The van der Waals surface area contributed by atoms with Crippen molar-refractivity contribution < 1.29 is 0 Å². The molecule has 1 N–H and O–H groups in total. The van der Waals surface area contributed by atoms with Gasteiger partial charge in [-0.05, 0) is 32.0 Å². The van der Waals surface area contributed by atoms with Gasteiger partial charge < -0.3 is 10.2 Å². The second-order valence-electron chi connectivity index (χ2n) is 3.48. The van der Waals surface area contributed by atoms with Gasteiger partial charge in [-0.25, -0.2) is 0 Å². The summed E-state index contributed by atoms with van der Waals surface area (Å²) in [5, 5.41) is 4.11. The van der Waals surface area contributed by atoms with Crippen molar-refractivity contribution in [3.8, 4) is 0 Å². The van der Waals surface area contributed by atoms with Gasteiger partial charge in [0, 0.05) is 19.6 Å². The van der Waals surface area contributed by atoms with E-state index < -0.39 is 0 Å². The lowest BCUT2D eigenvalue weighted by Gasteiger charge is -2.27. The van der Waals surface area contributed by atoms with Crippen LogP contribution in [0.5, 0.6) is 0 Å². The number of rotatable bonds is 5. The van der Waals surface area contributed by atoms with Crippen LogP contribution in [-0.4, -0.2) is 29.6 Å². The Kier molecular flexibility index (Phi) is 6.96. The van der Waals surface area contributed by atoms with Gasteiger partial charge in [0.1, 0.15) is 0 Å². The highest BCUT2D eigenvalue weighted by molar-refractivity contribution is 7.80. The molecule has 0 saturated carbocycles. The van der Waals surface area contributed by atoms with Crippen LogP contribution in [-0.2, 0) is 0 Å². The molecular formula is C10H22N2S. The quantitative estimate of drug-likeness (QED) is 0.689. The monoisotopic (exact) mass is 202 g/mol. The first-order chi connectivity index (χ1) is 6.13. The van der Waals surface area contributed by atoms with Crippen molar-refractivity contribution in [2.75, 3.05) is 13.6 Å². The summed E-state index contributed by atoms with van der Waals surface area (Å²) < 4.78 is 0. The zero-order valence-corrected chi connectivity index (χ0v) is 10.1. The topological polar surface area (TPSA) is 15.3 Å². The average Bonchev–Trinajstić information content (AvgIpc) is 2.13. The summed E-state index contributed by atoms with van der Waals surface area (Å²) in [6.45, 7) is 7.53. The second kappa shape index (κ2) is 7.13. The van der Waals surface area contributed by atoms with E-state index in [2.05, 4.69) is 38.0 Å². The minimum atomic E-state index is 0.543. The van der Waals surface area contributed by atoms with E-state index in [9.17, 15) is 0 Å². The van der Waals surface area contributed by atoms with Crippen molar-refractivity contribution in [1.82, 2.24) is 10.2 Å². The molecule has 0 rings (SSSR count). The largest absolute Gasteiger partial charge is 0.363 e. The molecule has 0 aliphatic carbocycles. The fraction of sp³-hybridized carbons (Fsp3) is 0.900. The molecule has 0 bridgehead atoms. The molecule has 0 aromatic carbocycles. The normalized spacial score (nSPS) is 12.3. The lowest BCUT2D eigenvalue weighted by atomic mass is 10.2. The zero-order valence-electron chi connectivity index (χ0n) is 9.26. The lowest BCUT2D eigenvalue weighted by Crippen LogP contribution is -2.42. The molecule has 0 saturated heterocycles. The van der Waals surface area contributed by atoms with E-state index in [-0.39, 0.29) is 0 Å². The third-order valence-electron chi connectivity index (χ3n) is 2.21. The van der Waals surface area contributed by atoms with Crippen LogP contribution in [0.2, 0.25) is 0 Å². The van der Waals surface area contributed by atoms with Crippen molar-refractivity contribution in [3.05, 3.63) is 0 Å². The first kappa shape index (κ1) is 12.7. The van der Waals surface area contributed by atoms with Gasteiger partial charge in [0.2, 0.25) is 0 Å². The van der Waals surface area contributed by atoms with Gasteiger partial charge in [-0.15, -0.1) is 0 Å². The Morgan fingerprint density at radius 1 is 1.38 bits per heavy atom. The summed E-state index contributed by atoms with van der Waals surface area (Å²) in [7, 11) is 2.06. The first-order valence-corrected chi connectivity index (χ1v) is 5.54. The predicted octanol–water partition coefficient (Wildman–Crippen LogP) is 2.39. The summed E-state index contributed by atoms with van der Waals surface area (Å²) >= 11 is 5.25. The molecule has 0 radical (unpaired) electrons. The first-order valence-electron chi connectivity index (χ1n) is 5.14. The van der Waals surface area contributed by atoms with E-state index in [1.54, 1.807) is 0 Å². The Hall–Kier alpha value is -0.310. The molecule has 3 heteroatoms. The Morgan fingerprint density at radius 3 is 2.46 bits per heavy atom. The van der Waals surface area contributed by atoms with Crippen molar-refractivity contribution in [1.29, 1.82) is 0 Å². The fourth-order valence-corrected chi connectivity index (χ4v) is 1.45. The van der Waals surface area contributed by atoms with Crippen LogP contribution >= 0.6 is 12.2 Å². The Morgan fingerprint density at radius 2 is 2.00 bits per heavy atom. The van der Waals surface area contributed by atoms with Crippen LogP contribution < -0.4 is 5.32 Å². The van der Waals surface area contributed by atoms with Gasteiger partial charge in [0.25, 0.3) is 0 Å². The highest BCUT2D eigenvalue weighted by atomic mass is 32.1. The molecule has 0 fully saturated rings. The van der Waals surface area contributed by atoms with Gasteiger partial charge in [0.15, 0.2) is 5.11 Å². The molecule has 0 aromatic rings. The maximum absolute atomic E-state index is 5.25. The predicted molar refractivity (Wildman–Crippen MR) is 63.0 cm³/mol. The van der Waals surface area contributed by atoms with Crippen LogP contribution in [0.25, 0.3) is 0 Å². The maximum atomic E-state index is 5.25. The third-order valence-corrected chi connectivity index (χ3v) is 2.65. The van der Waals surface area contributed by atoms with Crippen LogP contribution in [0, 0.1) is 0 Å². The van der Waals surface area contributed by atoms with Crippen molar-refractivity contribution in [2.24, 2.45) is 0 Å². The minimum absolute atomic E-state index is 0.543. The molecule has 78 valence electrons. The Bertz CT molecular complexity index is 148. The summed E-state index contributed by atoms with van der Waals surface area (Å²) in [6.07, 6.45) is 3.53. The number of hydrogen-bond acceptors (Lipinski definition) is 1. The molecular weight excluding hydrogens is 180 g/mol. The van der Waals surface area contributed by atoms with Gasteiger partial charge in [0.05, 0.1) is 0 Å². The van der Waals surface area contributed by atoms with E-state index in [1.807, 2.05) is 0 Å².